The monoisotopic (exact) mass is 238 g/mol. The Labute approximate surface area is 101 Å². The molecule has 0 saturated heterocycles. The molecule has 0 aliphatic carbocycles. The van der Waals surface area contributed by atoms with Gasteiger partial charge >= 0.3 is 0 Å². The van der Waals surface area contributed by atoms with E-state index in [1.54, 1.807) is 27.0 Å². The van der Waals surface area contributed by atoms with Crippen LogP contribution in [0, 0.1) is 18.3 Å². The molecule has 86 valence electrons. The highest BCUT2D eigenvalue weighted by atomic mass is 35.5. The second-order valence-electron chi connectivity index (χ2n) is 4.16. The predicted molar refractivity (Wildman–Crippen MR) is 66.1 cm³/mol. The molecule has 0 bridgehead atoms. The minimum absolute atomic E-state index is 0.650. The molecular weight excluding hydrogens is 224 g/mol. The zero-order valence-corrected chi connectivity index (χ0v) is 10.6. The number of rotatable bonds is 3. The summed E-state index contributed by atoms with van der Waals surface area (Å²) in [7, 11) is 1.59. The van der Waals surface area contributed by atoms with Gasteiger partial charge in [-0.25, -0.2) is 0 Å². The molecule has 4 heteroatoms. The molecule has 0 fully saturated rings. The Morgan fingerprint density at radius 2 is 2.06 bits per heavy atom. The van der Waals surface area contributed by atoms with Gasteiger partial charge in [-0.1, -0.05) is 11.6 Å². The van der Waals surface area contributed by atoms with Crippen molar-refractivity contribution in [3.05, 3.63) is 22.7 Å². The van der Waals surface area contributed by atoms with Gasteiger partial charge in [0.1, 0.15) is 11.3 Å². The van der Waals surface area contributed by atoms with Crippen LogP contribution in [0.2, 0.25) is 5.02 Å². The van der Waals surface area contributed by atoms with Crippen LogP contribution in [0.15, 0.2) is 12.1 Å². The number of anilines is 1. The Morgan fingerprint density at radius 3 is 2.56 bits per heavy atom. The highest BCUT2D eigenvalue weighted by Crippen LogP contribution is 2.32. The Hall–Kier alpha value is -1.40. The van der Waals surface area contributed by atoms with Crippen molar-refractivity contribution in [3.63, 3.8) is 0 Å². The van der Waals surface area contributed by atoms with E-state index in [9.17, 15) is 0 Å². The molecule has 1 rings (SSSR count). The van der Waals surface area contributed by atoms with Crippen LogP contribution in [0.25, 0.3) is 0 Å². The van der Waals surface area contributed by atoms with Crippen molar-refractivity contribution in [2.24, 2.45) is 0 Å². The minimum atomic E-state index is -0.661. The first-order valence-corrected chi connectivity index (χ1v) is 5.31. The Bertz CT molecular complexity index is 435. The third-order valence-corrected chi connectivity index (χ3v) is 2.61. The average molecular weight is 239 g/mol. The first-order chi connectivity index (χ1) is 7.39. The number of hydrogen-bond acceptors (Lipinski definition) is 3. The van der Waals surface area contributed by atoms with Gasteiger partial charge < -0.3 is 10.1 Å². The highest BCUT2D eigenvalue weighted by Gasteiger charge is 2.18. The number of nitriles is 1. The van der Waals surface area contributed by atoms with Crippen molar-refractivity contribution < 1.29 is 4.74 Å². The van der Waals surface area contributed by atoms with Gasteiger partial charge in [0, 0.05) is 5.02 Å². The maximum atomic E-state index is 8.96. The van der Waals surface area contributed by atoms with Crippen LogP contribution in [0.3, 0.4) is 0 Å². The van der Waals surface area contributed by atoms with E-state index in [1.807, 2.05) is 13.0 Å². The van der Waals surface area contributed by atoms with Crippen LogP contribution in [-0.4, -0.2) is 12.6 Å². The maximum Gasteiger partial charge on any atom is 0.142 e. The van der Waals surface area contributed by atoms with Crippen LogP contribution in [0.1, 0.15) is 19.4 Å². The summed E-state index contributed by atoms with van der Waals surface area (Å²) < 4.78 is 5.24. The normalized spacial score (nSPS) is 10.8. The minimum Gasteiger partial charge on any atom is -0.495 e. The second kappa shape index (κ2) is 4.63. The smallest absolute Gasteiger partial charge is 0.142 e. The fourth-order valence-corrected chi connectivity index (χ4v) is 1.45. The fourth-order valence-electron chi connectivity index (χ4n) is 1.29. The van der Waals surface area contributed by atoms with Crippen LogP contribution in [0.5, 0.6) is 5.75 Å². The Balaban J connectivity index is 3.14. The van der Waals surface area contributed by atoms with E-state index in [4.69, 9.17) is 21.6 Å². The Morgan fingerprint density at radius 1 is 1.44 bits per heavy atom. The first-order valence-electron chi connectivity index (χ1n) is 4.93. The summed E-state index contributed by atoms with van der Waals surface area (Å²) in [5, 5.41) is 12.7. The van der Waals surface area contributed by atoms with Crippen molar-refractivity contribution in [1.82, 2.24) is 0 Å². The fraction of sp³-hybridized carbons (Fsp3) is 0.417. The molecule has 0 aromatic heterocycles. The molecule has 1 N–H and O–H groups in total. The van der Waals surface area contributed by atoms with E-state index >= 15 is 0 Å². The number of ether oxygens (including phenoxy) is 1. The van der Waals surface area contributed by atoms with E-state index in [0.717, 1.165) is 11.3 Å². The number of hydrogen-bond donors (Lipinski definition) is 1. The molecule has 0 amide bonds. The zero-order chi connectivity index (χ0) is 12.3. The largest absolute Gasteiger partial charge is 0.495 e. The van der Waals surface area contributed by atoms with E-state index in [1.165, 1.54) is 0 Å². The van der Waals surface area contributed by atoms with Crippen LogP contribution >= 0.6 is 11.6 Å². The average Bonchev–Trinajstić information content (AvgIpc) is 2.22. The number of aryl methyl sites for hydroxylation is 1. The van der Waals surface area contributed by atoms with E-state index in [2.05, 4.69) is 11.4 Å². The van der Waals surface area contributed by atoms with Gasteiger partial charge in [-0.05, 0) is 38.5 Å². The summed E-state index contributed by atoms with van der Waals surface area (Å²) in [5.41, 5.74) is 1.01. The van der Waals surface area contributed by atoms with Gasteiger partial charge in [-0.2, -0.15) is 5.26 Å². The number of benzene rings is 1. The quantitative estimate of drug-likeness (QED) is 0.878. The molecule has 0 unspecified atom stereocenters. The second-order valence-corrected chi connectivity index (χ2v) is 4.57. The lowest BCUT2D eigenvalue weighted by Gasteiger charge is -2.21. The Kier molecular flexibility index (Phi) is 3.66. The molecule has 1 aromatic carbocycles. The van der Waals surface area contributed by atoms with Crippen molar-refractivity contribution in [1.29, 1.82) is 5.26 Å². The van der Waals surface area contributed by atoms with Gasteiger partial charge in [0.05, 0.1) is 18.9 Å². The lowest BCUT2D eigenvalue weighted by Crippen LogP contribution is -2.28. The lowest BCUT2D eigenvalue weighted by atomic mass is 10.1. The van der Waals surface area contributed by atoms with Gasteiger partial charge in [-0.15, -0.1) is 0 Å². The van der Waals surface area contributed by atoms with Gasteiger partial charge in [-0.3, -0.25) is 0 Å². The lowest BCUT2D eigenvalue weighted by molar-refractivity contribution is 0.415. The first kappa shape index (κ1) is 12.7. The van der Waals surface area contributed by atoms with Crippen molar-refractivity contribution in [2.75, 3.05) is 12.4 Å². The van der Waals surface area contributed by atoms with Crippen LogP contribution in [0.4, 0.5) is 5.69 Å². The topological polar surface area (TPSA) is 45.0 Å². The SMILES string of the molecule is COc1cc(C)c(Cl)cc1NC(C)(C)C#N. The third kappa shape index (κ3) is 2.80. The summed E-state index contributed by atoms with van der Waals surface area (Å²) in [6, 6.07) is 5.78. The summed E-state index contributed by atoms with van der Waals surface area (Å²) in [6.07, 6.45) is 0. The van der Waals surface area contributed by atoms with E-state index in [-0.39, 0.29) is 0 Å². The maximum absolute atomic E-state index is 8.96. The molecule has 0 spiro atoms. The molecule has 0 aliphatic heterocycles. The number of methoxy groups -OCH3 is 1. The van der Waals surface area contributed by atoms with Crippen molar-refractivity contribution in [3.8, 4) is 11.8 Å². The standard InChI is InChI=1S/C12H15ClN2O/c1-8-5-11(16-4)10(6-9(8)13)15-12(2,3)7-14/h5-6,15H,1-4H3. The molecule has 16 heavy (non-hydrogen) atoms. The van der Waals surface area contributed by atoms with Crippen molar-refractivity contribution in [2.45, 2.75) is 26.3 Å². The molecule has 0 atom stereocenters. The molecule has 0 radical (unpaired) electrons. The van der Waals surface area contributed by atoms with E-state index < -0.39 is 5.54 Å². The molecular formula is C12H15ClN2O. The summed E-state index contributed by atoms with van der Waals surface area (Å²) >= 11 is 6.04. The summed E-state index contributed by atoms with van der Waals surface area (Å²) in [6.45, 7) is 5.49. The van der Waals surface area contributed by atoms with Crippen LogP contribution < -0.4 is 10.1 Å². The van der Waals surface area contributed by atoms with E-state index in [0.29, 0.717) is 10.8 Å². The van der Waals surface area contributed by atoms with Gasteiger partial charge in [0.15, 0.2) is 0 Å². The third-order valence-electron chi connectivity index (χ3n) is 2.21. The molecule has 0 heterocycles. The van der Waals surface area contributed by atoms with Gasteiger partial charge in [0.25, 0.3) is 0 Å². The van der Waals surface area contributed by atoms with Crippen LogP contribution in [-0.2, 0) is 0 Å². The number of nitrogens with zero attached hydrogens (tertiary/aromatic N) is 1. The van der Waals surface area contributed by atoms with Gasteiger partial charge in [0.2, 0.25) is 0 Å². The zero-order valence-electron chi connectivity index (χ0n) is 9.89. The summed E-state index contributed by atoms with van der Waals surface area (Å²) in [5.74, 6) is 0.685. The summed E-state index contributed by atoms with van der Waals surface area (Å²) in [4.78, 5) is 0. The highest BCUT2D eigenvalue weighted by molar-refractivity contribution is 6.31. The predicted octanol–water partition coefficient (Wildman–Crippen LogP) is 3.37. The molecule has 0 aliphatic rings. The molecule has 1 aromatic rings. The van der Waals surface area contributed by atoms with Crippen molar-refractivity contribution >= 4 is 17.3 Å². The number of halogens is 1. The molecule has 3 nitrogen and oxygen atoms in total. The number of nitrogens with one attached hydrogen (secondary N) is 1. The molecule has 0 saturated carbocycles.